The number of unbranched alkanes of at least 4 members (excludes halogenated alkanes) is 2. The highest BCUT2D eigenvalue weighted by atomic mass is 35.5. The van der Waals surface area contributed by atoms with Crippen LogP contribution >= 0.6 is 35.2 Å². The molecular formula is C13H26ClN5OS2. The van der Waals surface area contributed by atoms with E-state index in [-0.39, 0.29) is 5.24 Å². The molecule has 0 aliphatic rings. The Kier molecular flexibility index (Phi) is 17.6. The average molecular weight is 368 g/mol. The van der Waals surface area contributed by atoms with Gasteiger partial charge in [-0.1, -0.05) is 50.2 Å². The fraction of sp³-hybridized carbons (Fsp3) is 0.692. The van der Waals surface area contributed by atoms with Crippen molar-refractivity contribution in [2.75, 3.05) is 12.3 Å². The van der Waals surface area contributed by atoms with E-state index in [1.807, 2.05) is 6.92 Å². The number of carbonyl (C=O) groups excluding carboxylic acids is 1. The third-order valence-electron chi connectivity index (χ3n) is 2.15. The maximum absolute atomic E-state index is 9.97. The molecule has 0 radical (unpaired) electrons. The summed E-state index contributed by atoms with van der Waals surface area (Å²) in [5.41, 5.74) is 15.2. The molecule has 0 aromatic carbocycles. The van der Waals surface area contributed by atoms with Crippen molar-refractivity contribution in [2.24, 2.45) is 11.5 Å². The van der Waals surface area contributed by atoms with E-state index in [0.29, 0.717) is 23.1 Å². The molecule has 0 spiro atoms. The predicted molar refractivity (Wildman–Crippen MR) is 99.2 cm³/mol. The molecule has 0 atom stereocenters. The van der Waals surface area contributed by atoms with Crippen molar-refractivity contribution < 1.29 is 4.79 Å². The summed E-state index contributed by atoms with van der Waals surface area (Å²) in [6.07, 6.45) is 5.87. The molecule has 0 aliphatic heterocycles. The second-order valence-corrected chi connectivity index (χ2v) is 6.31. The van der Waals surface area contributed by atoms with Gasteiger partial charge in [0, 0.05) is 19.4 Å². The molecule has 0 bridgehead atoms. The van der Waals surface area contributed by atoms with Crippen LogP contribution in [0.25, 0.3) is 0 Å². The normalized spacial score (nSPS) is 9.09. The fourth-order valence-electron chi connectivity index (χ4n) is 1.01. The summed E-state index contributed by atoms with van der Waals surface area (Å²) >= 11 is 10.9. The lowest BCUT2D eigenvalue weighted by atomic mass is 10.3. The molecule has 0 unspecified atom stereocenters. The van der Waals surface area contributed by atoms with Crippen LogP contribution in [-0.4, -0.2) is 27.0 Å². The van der Waals surface area contributed by atoms with Gasteiger partial charge in [-0.2, -0.15) is 0 Å². The number of thiocarbonyl (C=S) groups is 1. The topological polar surface area (TPSA) is 121 Å². The molecule has 1 heterocycles. The second kappa shape index (κ2) is 16.5. The van der Waals surface area contributed by atoms with Crippen molar-refractivity contribution in [3.8, 4) is 0 Å². The van der Waals surface area contributed by atoms with Crippen LogP contribution in [0.4, 0.5) is 5.13 Å². The Hall–Kier alpha value is -0.830. The quantitative estimate of drug-likeness (QED) is 0.500. The van der Waals surface area contributed by atoms with E-state index in [1.54, 1.807) is 0 Å². The third kappa shape index (κ3) is 19.2. The first-order valence-electron chi connectivity index (χ1n) is 7.11. The zero-order chi connectivity index (χ0) is 17.4. The fourth-order valence-corrected chi connectivity index (χ4v) is 1.80. The Morgan fingerprint density at radius 1 is 1.27 bits per heavy atom. The average Bonchev–Trinajstić information content (AvgIpc) is 2.89. The van der Waals surface area contributed by atoms with Gasteiger partial charge in [-0.05, 0) is 24.4 Å². The van der Waals surface area contributed by atoms with Crippen molar-refractivity contribution in [3.63, 3.8) is 0 Å². The van der Waals surface area contributed by atoms with Gasteiger partial charge in [0.1, 0.15) is 5.01 Å². The molecule has 22 heavy (non-hydrogen) atoms. The zero-order valence-corrected chi connectivity index (χ0v) is 15.6. The number of hydrogen-bond donors (Lipinski definition) is 3. The largest absolute Gasteiger partial charge is 0.392 e. The molecule has 0 fully saturated rings. The molecule has 6 N–H and O–H groups in total. The predicted octanol–water partition coefficient (Wildman–Crippen LogP) is 2.64. The van der Waals surface area contributed by atoms with Crippen LogP contribution in [0.1, 0.15) is 51.0 Å². The number of nitrogen functional groups attached to an aromatic ring is 1. The van der Waals surface area contributed by atoms with Gasteiger partial charge in [0.25, 0.3) is 0 Å². The minimum absolute atomic E-state index is 0.221. The Labute approximate surface area is 146 Å². The van der Waals surface area contributed by atoms with E-state index in [0.717, 1.165) is 24.3 Å². The van der Waals surface area contributed by atoms with Gasteiger partial charge in [0.05, 0.1) is 4.99 Å². The maximum atomic E-state index is 9.97. The van der Waals surface area contributed by atoms with Crippen LogP contribution in [0.2, 0.25) is 0 Å². The number of rotatable bonds is 7. The molecule has 0 aliphatic carbocycles. The Bertz CT molecular complexity index is 415. The Morgan fingerprint density at radius 3 is 2.09 bits per heavy atom. The highest BCUT2D eigenvalue weighted by molar-refractivity contribution is 7.80. The molecule has 1 aromatic heterocycles. The highest BCUT2D eigenvalue weighted by Gasteiger charge is 1.98. The van der Waals surface area contributed by atoms with Crippen LogP contribution in [0.15, 0.2) is 0 Å². The lowest BCUT2D eigenvalue weighted by molar-refractivity contribution is -0.111. The molecule has 0 saturated carbocycles. The van der Waals surface area contributed by atoms with Crippen LogP contribution in [-0.2, 0) is 11.2 Å². The van der Waals surface area contributed by atoms with Crippen molar-refractivity contribution in [2.45, 2.75) is 52.4 Å². The van der Waals surface area contributed by atoms with E-state index in [9.17, 15) is 4.79 Å². The third-order valence-corrected chi connectivity index (χ3v) is 3.32. The smallest absolute Gasteiger partial charge is 0.221 e. The van der Waals surface area contributed by atoms with Crippen molar-refractivity contribution in [3.05, 3.63) is 5.01 Å². The number of aromatic nitrogens is 2. The zero-order valence-electron chi connectivity index (χ0n) is 13.2. The number of halogens is 1. The Morgan fingerprint density at radius 2 is 1.82 bits per heavy atom. The maximum Gasteiger partial charge on any atom is 0.221 e. The summed E-state index contributed by atoms with van der Waals surface area (Å²) < 4.78 is 0. The van der Waals surface area contributed by atoms with Gasteiger partial charge in [-0.25, -0.2) is 0 Å². The molecule has 0 amide bonds. The molecule has 6 nitrogen and oxygen atoms in total. The van der Waals surface area contributed by atoms with Gasteiger partial charge in [-0.3, -0.25) is 4.79 Å². The lowest BCUT2D eigenvalue weighted by Gasteiger charge is -1.87. The Balaban J connectivity index is 0. The van der Waals surface area contributed by atoms with Gasteiger partial charge >= 0.3 is 0 Å². The first kappa shape index (κ1) is 23.4. The number of carbonyl (C=O) groups is 1. The second-order valence-electron chi connectivity index (χ2n) is 4.27. The van der Waals surface area contributed by atoms with Crippen LogP contribution in [0, 0.1) is 0 Å². The van der Waals surface area contributed by atoms with E-state index >= 15 is 0 Å². The summed E-state index contributed by atoms with van der Waals surface area (Å²) in [4.78, 5) is 10.3. The van der Waals surface area contributed by atoms with Crippen LogP contribution < -0.4 is 17.2 Å². The molecule has 9 heteroatoms. The van der Waals surface area contributed by atoms with E-state index in [1.165, 1.54) is 24.2 Å². The molecule has 128 valence electrons. The van der Waals surface area contributed by atoms with Gasteiger partial charge in [0.2, 0.25) is 10.4 Å². The number of nitrogens with zero attached hydrogens (tertiary/aromatic N) is 2. The number of aryl methyl sites for hydroxylation is 1. The van der Waals surface area contributed by atoms with Crippen molar-refractivity contribution >= 4 is 50.5 Å². The molecular weight excluding hydrogens is 342 g/mol. The standard InChI is InChI=1S/C6H11N3S.C5H9ClO.C2H6N2S/c1-2-3-4-5-8-9-6(7)10-5;1-2-3-4-5(6)7;3-1-2(4)5/h2-4H2,1H3,(H2,7,9);2-4H2,1H3;1,3H2,(H2,4,5). The minimum Gasteiger partial charge on any atom is -0.392 e. The summed E-state index contributed by atoms with van der Waals surface area (Å²) in [6.45, 7) is 4.50. The van der Waals surface area contributed by atoms with Gasteiger partial charge < -0.3 is 17.2 Å². The molecule has 1 rings (SSSR count). The highest BCUT2D eigenvalue weighted by Crippen LogP contribution is 2.12. The van der Waals surface area contributed by atoms with E-state index in [4.69, 9.17) is 28.8 Å². The van der Waals surface area contributed by atoms with Crippen molar-refractivity contribution in [1.82, 2.24) is 10.2 Å². The van der Waals surface area contributed by atoms with Gasteiger partial charge in [0.15, 0.2) is 0 Å². The van der Waals surface area contributed by atoms with Gasteiger partial charge in [-0.15, -0.1) is 10.2 Å². The summed E-state index contributed by atoms with van der Waals surface area (Å²) in [6, 6.07) is 0. The molecule has 1 aromatic rings. The van der Waals surface area contributed by atoms with E-state index < -0.39 is 0 Å². The van der Waals surface area contributed by atoms with Crippen LogP contribution in [0.5, 0.6) is 0 Å². The molecule has 0 saturated heterocycles. The SMILES string of the molecule is CCCCC(=O)Cl.CCCCc1nnc(N)s1.NCC(N)=S. The summed E-state index contributed by atoms with van der Waals surface area (Å²) in [7, 11) is 0. The number of nitrogens with two attached hydrogens (primary N) is 3. The lowest BCUT2D eigenvalue weighted by Crippen LogP contribution is -2.19. The summed E-state index contributed by atoms with van der Waals surface area (Å²) in [5, 5.41) is 9.02. The summed E-state index contributed by atoms with van der Waals surface area (Å²) in [5.74, 6) is 0. The van der Waals surface area contributed by atoms with E-state index in [2.05, 4.69) is 29.3 Å². The van der Waals surface area contributed by atoms with Crippen LogP contribution in [0.3, 0.4) is 0 Å². The number of hydrogen-bond acceptors (Lipinski definition) is 7. The monoisotopic (exact) mass is 367 g/mol. The first-order valence-corrected chi connectivity index (χ1v) is 8.72. The minimum atomic E-state index is -0.221. The number of anilines is 1. The van der Waals surface area contributed by atoms with Crippen molar-refractivity contribution in [1.29, 1.82) is 0 Å². The first-order chi connectivity index (χ1) is 10.4.